The molecule has 1 aliphatic rings. The van der Waals surface area contributed by atoms with Gasteiger partial charge in [-0.25, -0.2) is 14.4 Å². The predicted octanol–water partition coefficient (Wildman–Crippen LogP) is 3.39. The summed E-state index contributed by atoms with van der Waals surface area (Å²) in [6, 6.07) is 7.84. The summed E-state index contributed by atoms with van der Waals surface area (Å²) in [5, 5.41) is 0. The van der Waals surface area contributed by atoms with Crippen LogP contribution in [0.3, 0.4) is 0 Å². The Morgan fingerprint density at radius 2 is 1.91 bits per heavy atom. The van der Waals surface area contributed by atoms with Crippen molar-refractivity contribution in [2.24, 2.45) is 5.92 Å². The van der Waals surface area contributed by atoms with Crippen molar-refractivity contribution >= 4 is 5.91 Å². The first-order chi connectivity index (χ1) is 16.3. The van der Waals surface area contributed by atoms with Gasteiger partial charge in [0.2, 0.25) is 0 Å². The standard InChI is InChI=1S/C24H28FN5O4/c1-5-12-32-23-26-11-10-18(27-23)20-19(16-6-8-17(25)9-7-16)28-21(29-20)24(22(31)30(3)4)33-13-15(2)14-34-24/h6-11,15H,5,12-14H2,1-4H3,(H,28,29). The summed E-state index contributed by atoms with van der Waals surface area (Å²) >= 11 is 0. The van der Waals surface area contributed by atoms with Gasteiger partial charge < -0.3 is 24.1 Å². The lowest BCUT2D eigenvalue weighted by atomic mass is 10.1. The van der Waals surface area contributed by atoms with E-state index in [9.17, 15) is 9.18 Å². The molecule has 1 saturated heterocycles. The first-order valence-corrected chi connectivity index (χ1v) is 11.2. The van der Waals surface area contributed by atoms with Gasteiger partial charge in [-0.2, -0.15) is 4.98 Å². The third-order valence-electron chi connectivity index (χ3n) is 5.29. The molecule has 3 heterocycles. The van der Waals surface area contributed by atoms with Gasteiger partial charge in [-0.3, -0.25) is 4.79 Å². The highest BCUT2D eigenvalue weighted by Crippen LogP contribution is 2.37. The van der Waals surface area contributed by atoms with Gasteiger partial charge in [-0.15, -0.1) is 0 Å². The number of imidazole rings is 1. The minimum absolute atomic E-state index is 0.120. The summed E-state index contributed by atoms with van der Waals surface area (Å²) in [7, 11) is 3.25. The molecule has 3 aromatic rings. The van der Waals surface area contributed by atoms with E-state index < -0.39 is 11.7 Å². The first-order valence-electron chi connectivity index (χ1n) is 11.2. The summed E-state index contributed by atoms with van der Waals surface area (Å²) < 4.78 is 31.2. The van der Waals surface area contributed by atoms with Crippen LogP contribution in [0.25, 0.3) is 22.6 Å². The number of carbonyl (C=O) groups excluding carboxylic acids is 1. The number of hydrogen-bond acceptors (Lipinski definition) is 7. The topological polar surface area (TPSA) is 102 Å². The smallest absolute Gasteiger partial charge is 0.316 e. The Bertz CT molecular complexity index is 1140. The summed E-state index contributed by atoms with van der Waals surface area (Å²) in [6.07, 6.45) is 2.39. The van der Waals surface area contributed by atoms with E-state index in [-0.39, 0.29) is 23.6 Å². The van der Waals surface area contributed by atoms with Gasteiger partial charge in [0.25, 0.3) is 5.91 Å². The number of rotatable bonds is 7. The number of carbonyl (C=O) groups is 1. The first kappa shape index (κ1) is 23.8. The predicted molar refractivity (Wildman–Crippen MR) is 122 cm³/mol. The van der Waals surface area contributed by atoms with Crippen LogP contribution >= 0.6 is 0 Å². The zero-order valence-electron chi connectivity index (χ0n) is 19.7. The molecule has 0 aliphatic carbocycles. The lowest BCUT2D eigenvalue weighted by molar-refractivity contribution is -0.282. The van der Waals surface area contributed by atoms with E-state index in [1.165, 1.54) is 17.0 Å². The van der Waals surface area contributed by atoms with Crippen molar-refractivity contribution in [2.45, 2.75) is 26.1 Å². The Morgan fingerprint density at radius 3 is 2.56 bits per heavy atom. The van der Waals surface area contributed by atoms with Crippen molar-refractivity contribution in [1.82, 2.24) is 24.8 Å². The maximum absolute atomic E-state index is 13.6. The fourth-order valence-electron chi connectivity index (χ4n) is 3.54. The molecule has 1 aliphatic heterocycles. The van der Waals surface area contributed by atoms with Crippen LogP contribution in [-0.4, -0.2) is 64.7 Å². The number of nitrogens with one attached hydrogen (secondary N) is 1. The van der Waals surface area contributed by atoms with E-state index in [1.54, 1.807) is 38.5 Å². The van der Waals surface area contributed by atoms with Crippen molar-refractivity contribution in [3.63, 3.8) is 0 Å². The van der Waals surface area contributed by atoms with E-state index in [2.05, 4.69) is 15.0 Å². The Balaban J connectivity index is 1.87. The SMILES string of the molecule is CCCOc1nccc(-c2[nH]c(C3(C(=O)N(C)C)OCC(C)CO3)nc2-c2ccc(F)cc2)n1. The second kappa shape index (κ2) is 9.86. The average Bonchev–Trinajstić information content (AvgIpc) is 3.29. The quantitative estimate of drug-likeness (QED) is 0.566. The Morgan fingerprint density at radius 1 is 1.21 bits per heavy atom. The molecule has 0 atom stereocenters. The van der Waals surface area contributed by atoms with Crippen LogP contribution in [0.15, 0.2) is 36.5 Å². The van der Waals surface area contributed by atoms with Gasteiger partial charge in [-0.1, -0.05) is 13.8 Å². The van der Waals surface area contributed by atoms with Crippen LogP contribution in [0.2, 0.25) is 0 Å². The van der Waals surface area contributed by atoms with Crippen molar-refractivity contribution < 1.29 is 23.4 Å². The number of halogens is 1. The number of hydrogen-bond donors (Lipinski definition) is 1. The highest BCUT2D eigenvalue weighted by Gasteiger charge is 2.50. The Kier molecular flexibility index (Phi) is 6.90. The number of nitrogens with zero attached hydrogens (tertiary/aromatic N) is 4. The molecular formula is C24H28FN5O4. The normalized spacial score (nSPS) is 20.2. The van der Waals surface area contributed by atoms with E-state index in [0.717, 1.165) is 6.42 Å². The number of likely N-dealkylation sites (N-methyl/N-ethyl adjacent to an activating group) is 1. The summed E-state index contributed by atoms with van der Waals surface area (Å²) in [5.41, 5.74) is 2.09. The Hall–Kier alpha value is -3.37. The minimum Gasteiger partial charge on any atom is -0.463 e. The van der Waals surface area contributed by atoms with Crippen LogP contribution in [-0.2, 0) is 20.1 Å². The van der Waals surface area contributed by atoms with Crippen molar-refractivity contribution in [2.75, 3.05) is 33.9 Å². The molecule has 1 aromatic carbocycles. The maximum atomic E-state index is 13.6. The van der Waals surface area contributed by atoms with E-state index in [1.807, 2.05) is 13.8 Å². The maximum Gasteiger partial charge on any atom is 0.316 e. The lowest BCUT2D eigenvalue weighted by Gasteiger charge is -2.37. The third kappa shape index (κ3) is 4.64. The molecule has 9 nitrogen and oxygen atoms in total. The van der Waals surface area contributed by atoms with Gasteiger partial charge in [0, 0.05) is 31.8 Å². The lowest BCUT2D eigenvalue weighted by Crippen LogP contribution is -2.52. The number of aromatic amines is 1. The summed E-state index contributed by atoms with van der Waals surface area (Å²) in [4.78, 5) is 31.3. The van der Waals surface area contributed by atoms with Gasteiger partial charge in [0.1, 0.15) is 5.82 Å². The van der Waals surface area contributed by atoms with Crippen LogP contribution in [0.5, 0.6) is 6.01 Å². The van der Waals surface area contributed by atoms with Crippen LogP contribution in [0, 0.1) is 11.7 Å². The fourth-order valence-corrected chi connectivity index (χ4v) is 3.54. The molecule has 180 valence electrons. The molecule has 1 fully saturated rings. The average molecular weight is 470 g/mol. The molecule has 1 amide bonds. The summed E-state index contributed by atoms with van der Waals surface area (Å²) in [6.45, 7) is 5.08. The van der Waals surface area contributed by atoms with Crippen molar-refractivity contribution in [3.05, 3.63) is 48.2 Å². The molecule has 0 saturated carbocycles. The zero-order chi connectivity index (χ0) is 24.3. The Labute approximate surface area is 197 Å². The monoisotopic (exact) mass is 469 g/mol. The highest BCUT2D eigenvalue weighted by molar-refractivity contribution is 5.85. The van der Waals surface area contributed by atoms with E-state index in [4.69, 9.17) is 19.2 Å². The van der Waals surface area contributed by atoms with Gasteiger partial charge in [-0.05, 0) is 36.8 Å². The van der Waals surface area contributed by atoms with Crippen LogP contribution in [0.1, 0.15) is 26.1 Å². The number of H-pyrrole nitrogens is 1. The molecule has 0 bridgehead atoms. The van der Waals surface area contributed by atoms with E-state index in [0.29, 0.717) is 42.5 Å². The number of benzene rings is 1. The highest BCUT2D eigenvalue weighted by atomic mass is 19.1. The molecule has 2 aromatic heterocycles. The molecule has 0 unspecified atom stereocenters. The second-order valence-electron chi connectivity index (χ2n) is 8.43. The molecule has 0 radical (unpaired) electrons. The summed E-state index contributed by atoms with van der Waals surface area (Å²) in [5.74, 6) is -2.21. The zero-order valence-corrected chi connectivity index (χ0v) is 19.7. The largest absolute Gasteiger partial charge is 0.463 e. The number of aromatic nitrogens is 4. The third-order valence-corrected chi connectivity index (χ3v) is 5.29. The molecule has 4 rings (SSSR count). The van der Waals surface area contributed by atoms with Gasteiger partial charge in [0.05, 0.1) is 36.9 Å². The molecular weight excluding hydrogens is 441 g/mol. The van der Waals surface area contributed by atoms with Crippen molar-refractivity contribution in [3.8, 4) is 28.7 Å². The number of amides is 1. The molecule has 10 heteroatoms. The van der Waals surface area contributed by atoms with Crippen molar-refractivity contribution in [1.29, 1.82) is 0 Å². The second-order valence-corrected chi connectivity index (χ2v) is 8.43. The van der Waals surface area contributed by atoms with Gasteiger partial charge in [0.15, 0.2) is 5.82 Å². The molecule has 0 spiro atoms. The van der Waals surface area contributed by atoms with Crippen LogP contribution < -0.4 is 4.74 Å². The minimum atomic E-state index is -1.74. The van der Waals surface area contributed by atoms with E-state index >= 15 is 0 Å². The van der Waals surface area contributed by atoms with Gasteiger partial charge >= 0.3 is 11.8 Å². The molecule has 1 N–H and O–H groups in total. The fraction of sp³-hybridized carbons (Fsp3) is 0.417. The number of ether oxygens (including phenoxy) is 3. The van der Waals surface area contributed by atoms with Crippen LogP contribution in [0.4, 0.5) is 4.39 Å². The molecule has 34 heavy (non-hydrogen) atoms.